The Kier molecular flexibility index (Phi) is 2.69. The molecule has 0 amide bonds. The summed E-state index contributed by atoms with van der Waals surface area (Å²) >= 11 is 0. The molecule has 0 unspecified atom stereocenters. The summed E-state index contributed by atoms with van der Waals surface area (Å²) in [6.45, 7) is 5.50. The zero-order valence-electron chi connectivity index (χ0n) is 9.58. The lowest BCUT2D eigenvalue weighted by Gasteiger charge is -2.06. The number of hydrogen-bond acceptors (Lipinski definition) is 2. The van der Waals surface area contributed by atoms with E-state index in [0.29, 0.717) is 11.4 Å². The van der Waals surface area contributed by atoms with Crippen LogP contribution in [0.4, 0.5) is 4.39 Å². The highest BCUT2D eigenvalue weighted by Crippen LogP contribution is 2.22. The Balaban J connectivity index is 2.58. The van der Waals surface area contributed by atoms with Crippen molar-refractivity contribution in [2.45, 2.75) is 20.8 Å². The van der Waals surface area contributed by atoms with Crippen LogP contribution in [0.1, 0.15) is 17.0 Å². The van der Waals surface area contributed by atoms with E-state index >= 15 is 0 Å². The third kappa shape index (κ3) is 1.94. The van der Waals surface area contributed by atoms with Gasteiger partial charge in [-0.15, -0.1) is 0 Å². The van der Waals surface area contributed by atoms with Crippen molar-refractivity contribution in [1.29, 1.82) is 0 Å². The quantitative estimate of drug-likeness (QED) is 0.731. The Morgan fingerprint density at radius 2 is 1.81 bits per heavy atom. The molecule has 0 saturated carbocycles. The maximum atomic E-state index is 13.5. The molecular weight excluding hydrogens is 203 g/mol. The maximum Gasteiger partial charge on any atom is 0.126 e. The van der Waals surface area contributed by atoms with E-state index in [2.05, 4.69) is 9.97 Å². The largest absolute Gasteiger partial charge is 0.241 e. The molecule has 0 saturated heterocycles. The van der Waals surface area contributed by atoms with Crippen molar-refractivity contribution in [1.82, 2.24) is 9.97 Å². The Morgan fingerprint density at radius 3 is 2.50 bits per heavy atom. The highest BCUT2D eigenvalue weighted by Gasteiger charge is 2.07. The molecule has 0 radical (unpaired) electrons. The number of rotatable bonds is 1. The molecule has 1 heterocycles. The normalized spacial score (nSPS) is 10.5. The summed E-state index contributed by atoms with van der Waals surface area (Å²) in [5.74, 6) is 0.495. The molecule has 0 aliphatic rings. The zero-order valence-corrected chi connectivity index (χ0v) is 9.58. The van der Waals surface area contributed by atoms with E-state index in [9.17, 15) is 4.39 Å². The number of halogens is 1. The number of benzene rings is 1. The van der Waals surface area contributed by atoms with E-state index in [1.165, 1.54) is 6.07 Å². The summed E-state index contributed by atoms with van der Waals surface area (Å²) < 4.78 is 13.5. The second kappa shape index (κ2) is 4.00. The number of aromatic nitrogens is 2. The summed E-state index contributed by atoms with van der Waals surface area (Å²) in [6.07, 6.45) is 1.76. The third-order valence-electron chi connectivity index (χ3n) is 2.54. The lowest BCUT2D eigenvalue weighted by Crippen LogP contribution is -1.95. The van der Waals surface area contributed by atoms with Gasteiger partial charge in [-0.1, -0.05) is 12.1 Å². The van der Waals surface area contributed by atoms with Gasteiger partial charge in [0.15, 0.2) is 0 Å². The first-order valence-corrected chi connectivity index (χ1v) is 5.14. The number of hydrogen-bond donors (Lipinski definition) is 0. The van der Waals surface area contributed by atoms with Crippen molar-refractivity contribution in [3.63, 3.8) is 0 Å². The van der Waals surface area contributed by atoms with Crippen LogP contribution in [0.5, 0.6) is 0 Å². The summed E-state index contributed by atoms with van der Waals surface area (Å²) in [4.78, 5) is 8.44. The zero-order chi connectivity index (χ0) is 11.7. The molecule has 0 atom stereocenters. The van der Waals surface area contributed by atoms with E-state index in [-0.39, 0.29) is 5.82 Å². The van der Waals surface area contributed by atoms with E-state index < -0.39 is 0 Å². The van der Waals surface area contributed by atoms with Gasteiger partial charge >= 0.3 is 0 Å². The smallest absolute Gasteiger partial charge is 0.126 e. The average molecular weight is 216 g/mol. The SMILES string of the molecule is Cc1ncc(C)c(-c2ccc(C)c(F)c2)n1. The summed E-state index contributed by atoms with van der Waals surface area (Å²) in [5.41, 5.74) is 3.19. The van der Waals surface area contributed by atoms with Crippen LogP contribution < -0.4 is 0 Å². The van der Waals surface area contributed by atoms with E-state index in [1.807, 2.05) is 19.9 Å². The molecule has 0 bridgehead atoms. The number of aryl methyl sites for hydroxylation is 3. The van der Waals surface area contributed by atoms with Crippen molar-refractivity contribution < 1.29 is 4.39 Å². The van der Waals surface area contributed by atoms with Crippen LogP contribution in [0.3, 0.4) is 0 Å². The highest BCUT2D eigenvalue weighted by atomic mass is 19.1. The molecule has 1 aromatic heterocycles. The molecule has 0 N–H and O–H groups in total. The Labute approximate surface area is 94.2 Å². The average Bonchev–Trinajstić information content (AvgIpc) is 2.26. The third-order valence-corrected chi connectivity index (χ3v) is 2.54. The van der Waals surface area contributed by atoms with Gasteiger partial charge in [-0.25, -0.2) is 14.4 Å². The topological polar surface area (TPSA) is 25.8 Å². The first kappa shape index (κ1) is 10.7. The van der Waals surface area contributed by atoms with Crippen molar-refractivity contribution in [2.24, 2.45) is 0 Å². The second-order valence-corrected chi connectivity index (χ2v) is 3.91. The van der Waals surface area contributed by atoms with Gasteiger partial charge in [-0.2, -0.15) is 0 Å². The van der Waals surface area contributed by atoms with Crippen molar-refractivity contribution in [3.8, 4) is 11.3 Å². The lowest BCUT2D eigenvalue weighted by molar-refractivity contribution is 0.619. The Bertz CT molecular complexity index is 535. The van der Waals surface area contributed by atoms with Gasteiger partial charge in [-0.3, -0.25) is 0 Å². The van der Waals surface area contributed by atoms with Gasteiger partial charge in [0, 0.05) is 11.8 Å². The number of nitrogens with zero attached hydrogens (tertiary/aromatic N) is 2. The molecule has 16 heavy (non-hydrogen) atoms. The van der Waals surface area contributed by atoms with Gasteiger partial charge in [0.05, 0.1) is 5.69 Å². The van der Waals surface area contributed by atoms with Crippen LogP contribution in [0.15, 0.2) is 24.4 Å². The van der Waals surface area contributed by atoms with Crippen molar-refractivity contribution in [2.75, 3.05) is 0 Å². The molecule has 0 fully saturated rings. The fourth-order valence-corrected chi connectivity index (χ4v) is 1.56. The second-order valence-electron chi connectivity index (χ2n) is 3.91. The predicted octanol–water partition coefficient (Wildman–Crippen LogP) is 3.21. The molecule has 0 aliphatic carbocycles. The molecule has 82 valence electrons. The van der Waals surface area contributed by atoms with Crippen molar-refractivity contribution >= 4 is 0 Å². The van der Waals surface area contributed by atoms with Crippen LogP contribution in [-0.2, 0) is 0 Å². The molecule has 0 spiro atoms. The maximum absolute atomic E-state index is 13.5. The van der Waals surface area contributed by atoms with Gasteiger partial charge in [0.1, 0.15) is 11.6 Å². The van der Waals surface area contributed by atoms with Crippen LogP contribution in [0.25, 0.3) is 11.3 Å². The van der Waals surface area contributed by atoms with E-state index in [1.54, 1.807) is 19.2 Å². The predicted molar refractivity (Wildman–Crippen MR) is 61.6 cm³/mol. The Morgan fingerprint density at radius 1 is 1.06 bits per heavy atom. The molecule has 0 aliphatic heterocycles. The standard InChI is InChI=1S/C13H13FN2/c1-8-4-5-11(6-12(8)14)13-9(2)7-15-10(3)16-13/h4-7H,1-3H3. The van der Waals surface area contributed by atoms with E-state index in [4.69, 9.17) is 0 Å². The fourth-order valence-electron chi connectivity index (χ4n) is 1.56. The van der Waals surface area contributed by atoms with Crippen LogP contribution in [-0.4, -0.2) is 9.97 Å². The summed E-state index contributed by atoms with van der Waals surface area (Å²) in [5, 5.41) is 0. The lowest BCUT2D eigenvalue weighted by atomic mass is 10.1. The molecule has 3 heteroatoms. The van der Waals surface area contributed by atoms with Gasteiger partial charge in [-0.05, 0) is 38.0 Å². The first-order chi connectivity index (χ1) is 7.58. The van der Waals surface area contributed by atoms with Crippen LogP contribution in [0, 0.1) is 26.6 Å². The van der Waals surface area contributed by atoms with Crippen molar-refractivity contribution in [3.05, 3.63) is 47.2 Å². The molecule has 2 aromatic rings. The summed E-state index contributed by atoms with van der Waals surface area (Å²) in [7, 11) is 0. The monoisotopic (exact) mass is 216 g/mol. The van der Waals surface area contributed by atoms with Gasteiger partial charge in [0.25, 0.3) is 0 Å². The first-order valence-electron chi connectivity index (χ1n) is 5.14. The van der Waals surface area contributed by atoms with Gasteiger partial charge in [0.2, 0.25) is 0 Å². The van der Waals surface area contributed by atoms with E-state index in [0.717, 1.165) is 16.8 Å². The molecular formula is C13H13FN2. The summed E-state index contributed by atoms with van der Waals surface area (Å²) in [6, 6.07) is 5.17. The Hall–Kier alpha value is -1.77. The minimum Gasteiger partial charge on any atom is -0.241 e. The molecule has 2 rings (SSSR count). The fraction of sp³-hybridized carbons (Fsp3) is 0.231. The van der Waals surface area contributed by atoms with Gasteiger partial charge < -0.3 is 0 Å². The minimum absolute atomic E-state index is 0.201. The van der Waals surface area contributed by atoms with Crippen LogP contribution >= 0.6 is 0 Å². The minimum atomic E-state index is -0.201. The van der Waals surface area contributed by atoms with Crippen LogP contribution in [0.2, 0.25) is 0 Å². The highest BCUT2D eigenvalue weighted by molar-refractivity contribution is 5.62. The molecule has 2 nitrogen and oxygen atoms in total. The molecule has 1 aromatic carbocycles.